The summed E-state index contributed by atoms with van der Waals surface area (Å²) in [4.78, 5) is 39.3. The molecule has 8 nitrogen and oxygen atoms in total. The van der Waals surface area contributed by atoms with Crippen LogP contribution in [0, 0.1) is 13.8 Å². The van der Waals surface area contributed by atoms with Crippen molar-refractivity contribution >= 4 is 11.7 Å². The van der Waals surface area contributed by atoms with E-state index >= 15 is 0 Å². The van der Waals surface area contributed by atoms with Gasteiger partial charge in [-0.3, -0.25) is 9.59 Å². The summed E-state index contributed by atoms with van der Waals surface area (Å²) in [7, 11) is 1.71. The normalized spacial score (nSPS) is 17.4. The number of rotatable bonds is 3. The molecule has 2 aromatic rings. The fourth-order valence-electron chi connectivity index (χ4n) is 3.06. The minimum atomic E-state index is -0.182. The lowest BCUT2D eigenvalue weighted by atomic mass is 10.0. The summed E-state index contributed by atoms with van der Waals surface area (Å²) in [5.41, 5.74) is 1.02. The summed E-state index contributed by atoms with van der Waals surface area (Å²) in [5.74, 6) is 0.890. The van der Waals surface area contributed by atoms with Gasteiger partial charge in [0, 0.05) is 44.8 Å². The Hall–Kier alpha value is -2.77. The number of carbonyl (C=O) groups excluding carboxylic acids is 1. The highest BCUT2D eigenvalue weighted by Crippen LogP contribution is 2.15. The van der Waals surface area contributed by atoms with Crippen molar-refractivity contribution in [2.24, 2.45) is 7.05 Å². The standard InChI is InChI=1S/C17H22N6O2/c1-11-14(9-19-12(2)20-11)16(24)21-13-5-4-7-23(10-13)15-17(25)22(3)8-6-18-15/h6,8-9,13H,4-5,7,10H2,1-3H3,(H,21,24). The van der Waals surface area contributed by atoms with Crippen LogP contribution in [0.15, 0.2) is 23.4 Å². The highest BCUT2D eigenvalue weighted by molar-refractivity contribution is 5.95. The van der Waals surface area contributed by atoms with E-state index in [1.165, 1.54) is 4.57 Å². The van der Waals surface area contributed by atoms with Gasteiger partial charge in [0.05, 0.1) is 11.3 Å². The summed E-state index contributed by atoms with van der Waals surface area (Å²) in [5, 5.41) is 3.03. The molecule has 0 saturated carbocycles. The summed E-state index contributed by atoms with van der Waals surface area (Å²) in [6.45, 7) is 4.91. The molecule has 1 atom stereocenters. The quantitative estimate of drug-likeness (QED) is 0.877. The third kappa shape index (κ3) is 3.67. The lowest BCUT2D eigenvalue weighted by Crippen LogP contribution is -2.49. The minimum absolute atomic E-state index is 0.0475. The molecule has 3 rings (SSSR count). The zero-order valence-electron chi connectivity index (χ0n) is 14.7. The first-order valence-electron chi connectivity index (χ1n) is 8.33. The van der Waals surface area contributed by atoms with Crippen molar-refractivity contribution in [3.8, 4) is 0 Å². The molecule has 0 bridgehead atoms. The first-order valence-corrected chi connectivity index (χ1v) is 8.33. The zero-order chi connectivity index (χ0) is 18.0. The van der Waals surface area contributed by atoms with Crippen LogP contribution in [0.25, 0.3) is 0 Å². The van der Waals surface area contributed by atoms with E-state index in [9.17, 15) is 9.59 Å². The van der Waals surface area contributed by atoms with E-state index in [0.717, 1.165) is 19.4 Å². The van der Waals surface area contributed by atoms with Crippen molar-refractivity contribution < 1.29 is 4.79 Å². The van der Waals surface area contributed by atoms with Gasteiger partial charge in [-0.05, 0) is 26.7 Å². The Morgan fingerprint density at radius 2 is 2.12 bits per heavy atom. The molecule has 1 N–H and O–H groups in total. The molecule has 0 spiro atoms. The smallest absolute Gasteiger partial charge is 0.293 e. The van der Waals surface area contributed by atoms with Gasteiger partial charge >= 0.3 is 0 Å². The first-order chi connectivity index (χ1) is 12.0. The van der Waals surface area contributed by atoms with Crippen LogP contribution < -0.4 is 15.8 Å². The van der Waals surface area contributed by atoms with Crippen molar-refractivity contribution in [2.75, 3.05) is 18.0 Å². The molecule has 8 heteroatoms. The predicted molar refractivity (Wildman–Crippen MR) is 93.7 cm³/mol. The van der Waals surface area contributed by atoms with Gasteiger partial charge in [-0.2, -0.15) is 0 Å². The van der Waals surface area contributed by atoms with Crippen LogP contribution in [0.2, 0.25) is 0 Å². The van der Waals surface area contributed by atoms with Crippen LogP contribution in [-0.2, 0) is 7.05 Å². The third-order valence-electron chi connectivity index (χ3n) is 4.40. The molecule has 132 valence electrons. The molecule has 1 amide bonds. The summed E-state index contributed by atoms with van der Waals surface area (Å²) >= 11 is 0. The summed E-state index contributed by atoms with van der Waals surface area (Å²) in [6, 6.07) is -0.0475. The molecule has 1 unspecified atom stereocenters. The molecule has 1 aliphatic heterocycles. The summed E-state index contributed by atoms with van der Waals surface area (Å²) < 4.78 is 1.51. The van der Waals surface area contributed by atoms with Gasteiger partial charge in [0.1, 0.15) is 5.82 Å². The molecule has 0 aromatic carbocycles. The Kier molecular flexibility index (Phi) is 4.78. The average Bonchev–Trinajstić information content (AvgIpc) is 2.57. The third-order valence-corrected chi connectivity index (χ3v) is 4.40. The van der Waals surface area contributed by atoms with Gasteiger partial charge in [0.2, 0.25) is 0 Å². The number of aryl methyl sites for hydroxylation is 3. The summed E-state index contributed by atoms with van der Waals surface area (Å²) in [6.07, 6.45) is 6.55. The number of hydrogen-bond acceptors (Lipinski definition) is 6. The molecule has 1 aliphatic rings. The van der Waals surface area contributed by atoms with Gasteiger partial charge in [-0.25, -0.2) is 15.0 Å². The number of piperidine rings is 1. The van der Waals surface area contributed by atoms with E-state index in [-0.39, 0.29) is 17.5 Å². The van der Waals surface area contributed by atoms with Crippen LogP contribution in [0.1, 0.15) is 34.7 Å². The zero-order valence-corrected chi connectivity index (χ0v) is 14.7. The SMILES string of the molecule is Cc1ncc(C(=O)NC2CCCN(c3nccn(C)c3=O)C2)c(C)n1. The molecule has 2 aromatic heterocycles. The van der Waals surface area contributed by atoms with E-state index in [2.05, 4.69) is 20.3 Å². The van der Waals surface area contributed by atoms with Gasteiger partial charge in [0.15, 0.2) is 5.82 Å². The van der Waals surface area contributed by atoms with Gasteiger partial charge < -0.3 is 14.8 Å². The number of nitrogens with one attached hydrogen (secondary N) is 1. The second-order valence-electron chi connectivity index (χ2n) is 6.34. The largest absolute Gasteiger partial charge is 0.350 e. The highest BCUT2D eigenvalue weighted by atomic mass is 16.2. The maximum absolute atomic E-state index is 12.5. The molecule has 0 radical (unpaired) electrons. The Labute approximate surface area is 145 Å². The lowest BCUT2D eigenvalue weighted by Gasteiger charge is -2.33. The van der Waals surface area contributed by atoms with Crippen LogP contribution in [0.5, 0.6) is 0 Å². The first kappa shape index (κ1) is 17.1. The second kappa shape index (κ2) is 7.00. The maximum atomic E-state index is 12.5. The topological polar surface area (TPSA) is 93.0 Å². The molecule has 0 aliphatic carbocycles. The number of hydrogen-bond donors (Lipinski definition) is 1. The van der Waals surface area contributed by atoms with Crippen molar-refractivity contribution in [1.82, 2.24) is 24.8 Å². The maximum Gasteiger partial charge on any atom is 0.293 e. The second-order valence-corrected chi connectivity index (χ2v) is 6.34. The van der Waals surface area contributed by atoms with E-state index in [4.69, 9.17) is 0 Å². The molecule has 1 saturated heterocycles. The van der Waals surface area contributed by atoms with E-state index in [0.29, 0.717) is 29.4 Å². The number of carbonyl (C=O) groups is 1. The van der Waals surface area contributed by atoms with Crippen molar-refractivity contribution in [3.63, 3.8) is 0 Å². The van der Waals surface area contributed by atoms with E-state index < -0.39 is 0 Å². The number of amides is 1. The number of aromatic nitrogens is 4. The highest BCUT2D eigenvalue weighted by Gasteiger charge is 2.25. The fraction of sp³-hybridized carbons (Fsp3) is 0.471. The van der Waals surface area contributed by atoms with Crippen molar-refractivity contribution in [1.29, 1.82) is 0 Å². The Morgan fingerprint density at radius 1 is 1.32 bits per heavy atom. The molecule has 3 heterocycles. The van der Waals surface area contributed by atoms with Crippen molar-refractivity contribution in [2.45, 2.75) is 32.7 Å². The van der Waals surface area contributed by atoms with Crippen LogP contribution in [0.4, 0.5) is 5.82 Å². The average molecular weight is 342 g/mol. The Morgan fingerprint density at radius 3 is 2.88 bits per heavy atom. The minimum Gasteiger partial charge on any atom is -0.350 e. The van der Waals surface area contributed by atoms with Gasteiger partial charge in [-0.15, -0.1) is 0 Å². The molecular weight excluding hydrogens is 320 g/mol. The fourth-order valence-corrected chi connectivity index (χ4v) is 3.06. The van der Waals surface area contributed by atoms with Crippen LogP contribution in [-0.4, -0.2) is 44.6 Å². The van der Waals surface area contributed by atoms with Crippen molar-refractivity contribution in [3.05, 3.63) is 46.0 Å². The lowest BCUT2D eigenvalue weighted by molar-refractivity contribution is 0.0931. The number of nitrogens with zero attached hydrogens (tertiary/aromatic N) is 5. The van der Waals surface area contributed by atoms with Crippen LogP contribution in [0.3, 0.4) is 0 Å². The van der Waals surface area contributed by atoms with Crippen LogP contribution >= 0.6 is 0 Å². The van der Waals surface area contributed by atoms with Gasteiger partial charge in [0.25, 0.3) is 11.5 Å². The monoisotopic (exact) mass is 342 g/mol. The predicted octanol–water partition coefficient (Wildman–Crippen LogP) is 0.586. The molecule has 25 heavy (non-hydrogen) atoms. The van der Waals surface area contributed by atoms with Gasteiger partial charge in [-0.1, -0.05) is 0 Å². The molecule has 1 fully saturated rings. The number of anilines is 1. The Balaban J connectivity index is 1.72. The van der Waals surface area contributed by atoms with E-state index in [1.54, 1.807) is 39.5 Å². The van der Waals surface area contributed by atoms with E-state index in [1.807, 2.05) is 4.90 Å². The Bertz CT molecular complexity index is 847. The molecular formula is C17H22N6O2.